The quantitative estimate of drug-likeness (QED) is 0.0222. The molecule has 0 saturated heterocycles. The predicted molar refractivity (Wildman–Crippen MR) is 414 cm³/mol. The predicted octanol–water partition coefficient (Wildman–Crippen LogP) is 24.4. The topological polar surface area (TPSA) is 237 Å². The molecule has 0 saturated carbocycles. The van der Waals surface area contributed by atoms with Gasteiger partial charge in [-0.1, -0.05) is 370 Å². The van der Waals surface area contributed by atoms with Crippen molar-refractivity contribution in [3.8, 4) is 0 Å². The van der Waals surface area contributed by atoms with Gasteiger partial charge in [0.1, 0.15) is 19.3 Å². The maximum atomic E-state index is 13.1. The number of carbonyl (C=O) groups is 4. The summed E-state index contributed by atoms with van der Waals surface area (Å²) in [6.45, 7) is 14.2. The lowest BCUT2D eigenvalue weighted by molar-refractivity contribution is -0.161. The van der Waals surface area contributed by atoms with E-state index in [2.05, 4.69) is 55.4 Å². The second-order valence-electron chi connectivity index (χ2n) is 31.2. The highest BCUT2D eigenvalue weighted by molar-refractivity contribution is 7.47. The van der Waals surface area contributed by atoms with Gasteiger partial charge in [0.25, 0.3) is 0 Å². The number of hydrogen-bond donors (Lipinski definition) is 3. The molecule has 600 valence electrons. The molecule has 19 heteroatoms. The lowest BCUT2D eigenvalue weighted by Crippen LogP contribution is -2.30. The Labute approximate surface area is 619 Å². The molecule has 0 bridgehead atoms. The fourth-order valence-electron chi connectivity index (χ4n) is 12.6. The first kappa shape index (κ1) is 99.1. The minimum atomic E-state index is -4.96. The summed E-state index contributed by atoms with van der Waals surface area (Å²) < 4.78 is 68.7. The zero-order valence-electron chi connectivity index (χ0n) is 66.5. The van der Waals surface area contributed by atoms with Crippen LogP contribution in [0.25, 0.3) is 0 Å². The molecule has 0 aromatic heterocycles. The number of aliphatic hydroxyl groups excluding tert-OH is 1. The van der Waals surface area contributed by atoms with E-state index >= 15 is 0 Å². The van der Waals surface area contributed by atoms with E-state index in [1.165, 1.54) is 218 Å². The Morgan fingerprint density at radius 2 is 0.475 bits per heavy atom. The van der Waals surface area contributed by atoms with E-state index in [9.17, 15) is 43.2 Å². The van der Waals surface area contributed by atoms with E-state index in [-0.39, 0.29) is 25.7 Å². The number of phosphoric acid groups is 2. The summed E-state index contributed by atoms with van der Waals surface area (Å²) >= 11 is 0. The summed E-state index contributed by atoms with van der Waals surface area (Å²) in [5.41, 5.74) is 0. The molecular formula is C82H160O17P2. The summed E-state index contributed by atoms with van der Waals surface area (Å²) in [5, 5.41) is 10.6. The molecule has 17 nitrogen and oxygen atoms in total. The van der Waals surface area contributed by atoms with Crippen LogP contribution in [0.3, 0.4) is 0 Å². The lowest BCUT2D eigenvalue weighted by Gasteiger charge is -2.21. The Kier molecular flexibility index (Phi) is 69.6. The Hall–Kier alpha value is -1.94. The van der Waals surface area contributed by atoms with E-state index in [0.29, 0.717) is 31.6 Å². The van der Waals surface area contributed by atoms with Crippen LogP contribution in [0.1, 0.15) is 421 Å². The van der Waals surface area contributed by atoms with E-state index in [1.807, 2.05) is 0 Å². The van der Waals surface area contributed by atoms with Gasteiger partial charge in [-0.05, 0) is 49.4 Å². The number of esters is 4. The van der Waals surface area contributed by atoms with Crippen molar-refractivity contribution in [3.63, 3.8) is 0 Å². The minimum Gasteiger partial charge on any atom is -0.462 e. The third-order valence-electron chi connectivity index (χ3n) is 19.4. The maximum Gasteiger partial charge on any atom is 0.472 e. The number of hydrogen-bond acceptors (Lipinski definition) is 15. The van der Waals surface area contributed by atoms with Crippen molar-refractivity contribution in [1.29, 1.82) is 0 Å². The van der Waals surface area contributed by atoms with Crippen molar-refractivity contribution < 1.29 is 80.2 Å². The van der Waals surface area contributed by atoms with Gasteiger partial charge >= 0.3 is 39.5 Å². The highest BCUT2D eigenvalue weighted by atomic mass is 31.2. The Morgan fingerprint density at radius 1 is 0.277 bits per heavy atom. The monoisotopic (exact) mass is 1480 g/mol. The maximum absolute atomic E-state index is 13.1. The average Bonchev–Trinajstić information content (AvgIpc) is 0.973. The van der Waals surface area contributed by atoms with Gasteiger partial charge in [-0.2, -0.15) is 0 Å². The Bertz CT molecular complexity index is 1970. The third kappa shape index (κ3) is 74.7. The second kappa shape index (κ2) is 71.0. The molecule has 0 radical (unpaired) electrons. The standard InChI is InChI=1S/C82H160O17P2/c1-9-75(8)61-53-45-36-30-26-27-33-39-49-57-65-82(87)98-77(68-92-79(84)62-54-46-37-31-24-20-15-13-11-10-12-14-18-22-28-34-42-50-58-72(2)3)70-96-100(88,89)94-66-76(83)67-95-101(90,91)97-71-78(69-93-80(85)63-55-47-41-40-44-52-60-74(6)7)99-81(86)64-56-48-38-32-25-21-17-16-19-23-29-35-43-51-59-73(4)5/h72-78,83H,9-71H2,1-8H3,(H,88,89)(H,90,91)/t75?,76?,77-,78-/m1/s1. The first-order valence-corrected chi connectivity index (χ1v) is 45.2. The van der Waals surface area contributed by atoms with E-state index < -0.39 is 97.5 Å². The van der Waals surface area contributed by atoms with Crippen molar-refractivity contribution in [2.24, 2.45) is 23.7 Å². The van der Waals surface area contributed by atoms with Gasteiger partial charge in [0.2, 0.25) is 0 Å². The zero-order valence-corrected chi connectivity index (χ0v) is 68.3. The number of rotatable bonds is 79. The molecule has 0 aliphatic heterocycles. The number of unbranched alkanes of at least 4 members (excludes halogenated alkanes) is 44. The van der Waals surface area contributed by atoms with Crippen LogP contribution < -0.4 is 0 Å². The summed E-state index contributed by atoms with van der Waals surface area (Å²) in [6.07, 6.45) is 58.5. The van der Waals surface area contributed by atoms with E-state index in [1.54, 1.807) is 0 Å². The molecule has 0 fully saturated rings. The summed E-state index contributed by atoms with van der Waals surface area (Å²) in [7, 11) is -9.92. The van der Waals surface area contributed by atoms with Gasteiger partial charge in [0.05, 0.1) is 26.4 Å². The van der Waals surface area contributed by atoms with Crippen molar-refractivity contribution in [2.75, 3.05) is 39.6 Å². The van der Waals surface area contributed by atoms with Crippen molar-refractivity contribution in [2.45, 2.75) is 440 Å². The molecular weight excluding hydrogens is 1320 g/mol. The largest absolute Gasteiger partial charge is 0.472 e. The normalized spacial score (nSPS) is 14.3. The van der Waals surface area contributed by atoms with Gasteiger partial charge in [0.15, 0.2) is 12.2 Å². The fraction of sp³-hybridized carbons (Fsp3) is 0.951. The van der Waals surface area contributed by atoms with Gasteiger partial charge in [0, 0.05) is 25.7 Å². The first-order valence-electron chi connectivity index (χ1n) is 42.2. The van der Waals surface area contributed by atoms with Gasteiger partial charge in [-0.25, -0.2) is 9.13 Å². The summed E-state index contributed by atoms with van der Waals surface area (Å²) in [6, 6.07) is 0. The van der Waals surface area contributed by atoms with Crippen LogP contribution in [0, 0.1) is 23.7 Å². The Morgan fingerprint density at radius 3 is 0.703 bits per heavy atom. The summed E-state index contributed by atoms with van der Waals surface area (Å²) in [4.78, 5) is 73.0. The van der Waals surface area contributed by atoms with E-state index in [4.69, 9.17) is 37.0 Å². The van der Waals surface area contributed by atoms with Gasteiger partial charge < -0.3 is 33.8 Å². The number of aliphatic hydroxyl groups is 1. The second-order valence-corrected chi connectivity index (χ2v) is 34.1. The SMILES string of the molecule is CCC(C)CCCCCCCCCCCCC(=O)O[C@H](COC(=O)CCCCCCCCCCCCCCCCCCCCC(C)C)COP(=O)(O)OCC(O)COP(=O)(O)OC[C@@H](COC(=O)CCCCCCCCC(C)C)OC(=O)CCCCCCCCCCCCCCCCC(C)C. The Balaban J connectivity index is 5.19. The van der Waals surface area contributed by atoms with Gasteiger partial charge in [-0.15, -0.1) is 0 Å². The smallest absolute Gasteiger partial charge is 0.462 e. The minimum absolute atomic E-state index is 0.106. The molecule has 0 spiro atoms. The zero-order chi connectivity index (χ0) is 74.6. The molecule has 0 amide bonds. The molecule has 6 atom stereocenters. The molecule has 0 rings (SSSR count). The molecule has 3 N–H and O–H groups in total. The van der Waals surface area contributed by atoms with Crippen LogP contribution >= 0.6 is 15.6 Å². The van der Waals surface area contributed by atoms with Crippen LogP contribution in [0.4, 0.5) is 0 Å². The average molecular weight is 1480 g/mol. The van der Waals surface area contributed by atoms with Crippen molar-refractivity contribution >= 4 is 39.5 Å². The third-order valence-corrected chi connectivity index (χ3v) is 21.3. The van der Waals surface area contributed by atoms with Crippen LogP contribution in [0.5, 0.6) is 0 Å². The first-order chi connectivity index (χ1) is 48.6. The highest BCUT2D eigenvalue weighted by Gasteiger charge is 2.30. The van der Waals surface area contributed by atoms with Gasteiger partial charge in [-0.3, -0.25) is 37.3 Å². The molecule has 101 heavy (non-hydrogen) atoms. The van der Waals surface area contributed by atoms with Crippen LogP contribution in [-0.4, -0.2) is 96.7 Å². The number of carbonyl (C=O) groups excluding carboxylic acids is 4. The fourth-order valence-corrected chi connectivity index (χ4v) is 14.2. The van der Waals surface area contributed by atoms with Crippen LogP contribution in [0.2, 0.25) is 0 Å². The molecule has 4 unspecified atom stereocenters. The van der Waals surface area contributed by atoms with Crippen LogP contribution in [-0.2, 0) is 65.4 Å². The molecule has 0 heterocycles. The lowest BCUT2D eigenvalue weighted by atomic mass is 9.99. The molecule has 0 aliphatic rings. The number of phosphoric ester groups is 2. The highest BCUT2D eigenvalue weighted by Crippen LogP contribution is 2.45. The number of ether oxygens (including phenoxy) is 4. The van der Waals surface area contributed by atoms with Crippen molar-refractivity contribution in [1.82, 2.24) is 0 Å². The van der Waals surface area contributed by atoms with Crippen LogP contribution in [0.15, 0.2) is 0 Å². The molecule has 0 aromatic carbocycles. The summed E-state index contributed by atoms with van der Waals surface area (Å²) in [5.74, 6) is 0.985. The molecule has 0 aliphatic carbocycles. The van der Waals surface area contributed by atoms with Crippen molar-refractivity contribution in [3.05, 3.63) is 0 Å². The molecule has 0 aromatic rings. The van der Waals surface area contributed by atoms with E-state index in [0.717, 1.165) is 114 Å².